The zero-order valence-corrected chi connectivity index (χ0v) is 12.3. The molecule has 0 saturated heterocycles. The van der Waals surface area contributed by atoms with Gasteiger partial charge in [-0.3, -0.25) is 0 Å². The Kier molecular flexibility index (Phi) is 4.17. The summed E-state index contributed by atoms with van der Waals surface area (Å²) >= 11 is 5.30. The average Bonchev–Trinajstić information content (AvgIpc) is 2.91. The Morgan fingerprint density at radius 3 is 2.72 bits per heavy atom. The van der Waals surface area contributed by atoms with Crippen LogP contribution in [0, 0.1) is 4.64 Å². The number of ether oxygens (including phenoxy) is 1. The van der Waals surface area contributed by atoms with Crippen molar-refractivity contribution in [2.75, 3.05) is 7.11 Å². The molecule has 1 aliphatic carbocycles. The molecule has 1 aromatic heterocycles. The van der Waals surface area contributed by atoms with Crippen molar-refractivity contribution in [3.63, 3.8) is 0 Å². The van der Waals surface area contributed by atoms with Crippen molar-refractivity contribution in [1.82, 2.24) is 9.97 Å². The minimum atomic E-state index is -0.373. The maximum atomic E-state index is 5.61. The third-order valence-corrected chi connectivity index (χ3v) is 4.39. The van der Waals surface area contributed by atoms with Gasteiger partial charge < -0.3 is 9.72 Å². The number of nitrogens with one attached hydrogen (secondary N) is 1. The molecule has 1 aliphatic rings. The summed E-state index contributed by atoms with van der Waals surface area (Å²) in [5.74, 6) is 1.48. The number of aromatic amines is 1. The molecule has 1 saturated carbocycles. The highest BCUT2D eigenvalue weighted by atomic mass is 32.1. The van der Waals surface area contributed by atoms with Gasteiger partial charge >= 0.3 is 0 Å². The molecule has 0 amide bonds. The maximum absolute atomic E-state index is 5.61. The van der Waals surface area contributed by atoms with Crippen molar-refractivity contribution in [2.24, 2.45) is 0 Å². The Morgan fingerprint density at radius 2 is 2.17 bits per heavy atom. The van der Waals surface area contributed by atoms with Gasteiger partial charge in [0.05, 0.1) is 0 Å². The molecule has 0 spiro atoms. The average molecular weight is 266 g/mol. The van der Waals surface area contributed by atoms with Crippen LogP contribution in [0.5, 0.6) is 0 Å². The minimum absolute atomic E-state index is 0.373. The van der Waals surface area contributed by atoms with Crippen LogP contribution in [0.4, 0.5) is 0 Å². The van der Waals surface area contributed by atoms with Gasteiger partial charge in [0.1, 0.15) is 16.1 Å². The number of methoxy groups -OCH3 is 1. The standard InChI is InChI=1S/C14H22N2OS/c1-4-14(2,17-3)13-15-11(9-12(18)16-13)10-7-5-6-8-10/h9-10H,4-8H2,1-3H3,(H,15,16,18). The number of hydrogen-bond acceptors (Lipinski definition) is 3. The highest BCUT2D eigenvalue weighted by Crippen LogP contribution is 2.34. The predicted molar refractivity (Wildman–Crippen MR) is 75.3 cm³/mol. The minimum Gasteiger partial charge on any atom is -0.371 e. The molecule has 0 bridgehead atoms. The van der Waals surface area contributed by atoms with Crippen LogP contribution in [0.15, 0.2) is 6.07 Å². The highest BCUT2D eigenvalue weighted by molar-refractivity contribution is 7.71. The van der Waals surface area contributed by atoms with Gasteiger partial charge in [0.15, 0.2) is 0 Å². The summed E-state index contributed by atoms with van der Waals surface area (Å²) in [6.07, 6.45) is 6.02. The summed E-state index contributed by atoms with van der Waals surface area (Å²) in [5, 5.41) is 0. The molecule has 100 valence electrons. The highest BCUT2D eigenvalue weighted by Gasteiger charge is 2.28. The van der Waals surface area contributed by atoms with Crippen molar-refractivity contribution in [3.05, 3.63) is 22.2 Å². The Labute approximate surface area is 114 Å². The summed E-state index contributed by atoms with van der Waals surface area (Å²) in [6.45, 7) is 4.16. The van der Waals surface area contributed by atoms with E-state index in [-0.39, 0.29) is 5.60 Å². The molecule has 0 aromatic carbocycles. The normalized spacial score (nSPS) is 19.9. The molecule has 0 radical (unpaired) electrons. The predicted octanol–water partition coefficient (Wildman–Crippen LogP) is 4.07. The van der Waals surface area contributed by atoms with Gasteiger partial charge in [-0.1, -0.05) is 32.0 Å². The van der Waals surface area contributed by atoms with Gasteiger partial charge in [0.25, 0.3) is 0 Å². The molecule has 0 aliphatic heterocycles. The van der Waals surface area contributed by atoms with Crippen LogP contribution >= 0.6 is 12.2 Å². The summed E-state index contributed by atoms with van der Waals surface area (Å²) in [6, 6.07) is 2.01. The fourth-order valence-corrected chi connectivity index (χ4v) is 2.81. The number of rotatable bonds is 4. The van der Waals surface area contributed by atoms with Gasteiger partial charge in [0.2, 0.25) is 0 Å². The lowest BCUT2D eigenvalue weighted by Crippen LogP contribution is -2.27. The lowest BCUT2D eigenvalue weighted by Gasteiger charge is -2.26. The van der Waals surface area contributed by atoms with Crippen LogP contribution in [-0.2, 0) is 10.3 Å². The van der Waals surface area contributed by atoms with E-state index in [1.54, 1.807) is 7.11 Å². The van der Waals surface area contributed by atoms with Gasteiger partial charge in [-0.15, -0.1) is 0 Å². The van der Waals surface area contributed by atoms with E-state index in [1.807, 2.05) is 6.07 Å². The zero-order valence-electron chi connectivity index (χ0n) is 11.5. The summed E-state index contributed by atoms with van der Waals surface area (Å²) < 4.78 is 6.27. The van der Waals surface area contributed by atoms with Crippen molar-refractivity contribution >= 4 is 12.2 Å². The fraction of sp³-hybridized carbons (Fsp3) is 0.714. The number of hydrogen-bond donors (Lipinski definition) is 1. The maximum Gasteiger partial charge on any atom is 0.139 e. The number of aromatic nitrogens is 2. The van der Waals surface area contributed by atoms with Crippen LogP contribution in [0.3, 0.4) is 0 Å². The topological polar surface area (TPSA) is 37.9 Å². The summed E-state index contributed by atoms with van der Waals surface area (Å²) in [5.41, 5.74) is 0.863. The lowest BCUT2D eigenvalue weighted by molar-refractivity contribution is -0.00929. The monoisotopic (exact) mass is 266 g/mol. The number of H-pyrrole nitrogens is 1. The van der Waals surface area contributed by atoms with Crippen LogP contribution in [-0.4, -0.2) is 17.1 Å². The number of nitrogens with zero attached hydrogens (tertiary/aromatic N) is 1. The van der Waals surface area contributed by atoms with E-state index in [9.17, 15) is 0 Å². The van der Waals surface area contributed by atoms with Gasteiger partial charge in [-0.25, -0.2) is 4.98 Å². The van der Waals surface area contributed by atoms with Crippen molar-refractivity contribution < 1.29 is 4.74 Å². The molecule has 1 aromatic rings. The van der Waals surface area contributed by atoms with E-state index in [2.05, 4.69) is 23.8 Å². The summed E-state index contributed by atoms with van der Waals surface area (Å²) in [4.78, 5) is 7.92. The largest absolute Gasteiger partial charge is 0.371 e. The Bertz CT molecular complexity index is 459. The summed E-state index contributed by atoms with van der Waals surface area (Å²) in [7, 11) is 1.73. The van der Waals surface area contributed by atoms with Crippen molar-refractivity contribution in [1.29, 1.82) is 0 Å². The van der Waals surface area contributed by atoms with Crippen LogP contribution < -0.4 is 0 Å². The van der Waals surface area contributed by atoms with E-state index in [1.165, 1.54) is 31.4 Å². The Morgan fingerprint density at radius 1 is 1.50 bits per heavy atom. The third kappa shape index (κ3) is 2.64. The van der Waals surface area contributed by atoms with E-state index in [4.69, 9.17) is 17.0 Å². The first-order valence-corrected chi connectivity index (χ1v) is 7.17. The zero-order chi connectivity index (χ0) is 13.2. The lowest BCUT2D eigenvalue weighted by atomic mass is 10.00. The quantitative estimate of drug-likeness (QED) is 0.835. The Hall–Kier alpha value is -0.740. The molecule has 1 atom stereocenters. The second kappa shape index (κ2) is 5.49. The molecular weight excluding hydrogens is 244 g/mol. The van der Waals surface area contributed by atoms with Crippen molar-refractivity contribution in [2.45, 2.75) is 57.5 Å². The molecule has 1 heterocycles. The molecule has 4 heteroatoms. The SMILES string of the molecule is CCC(C)(OC)c1nc(=S)cc(C2CCCC2)[nH]1. The van der Waals surface area contributed by atoms with E-state index in [0.717, 1.165) is 12.2 Å². The molecule has 1 N–H and O–H groups in total. The first-order valence-electron chi connectivity index (χ1n) is 6.76. The molecule has 18 heavy (non-hydrogen) atoms. The van der Waals surface area contributed by atoms with Gasteiger partial charge in [0, 0.05) is 12.8 Å². The van der Waals surface area contributed by atoms with Crippen LogP contribution in [0.1, 0.15) is 63.4 Å². The third-order valence-electron chi connectivity index (χ3n) is 4.18. The van der Waals surface area contributed by atoms with Gasteiger partial charge in [-0.05, 0) is 38.2 Å². The Balaban J connectivity index is 2.40. The molecular formula is C14H22N2OS. The molecule has 1 unspecified atom stereocenters. The van der Waals surface area contributed by atoms with Gasteiger partial charge in [-0.2, -0.15) is 0 Å². The molecule has 1 fully saturated rings. The smallest absolute Gasteiger partial charge is 0.139 e. The fourth-order valence-electron chi connectivity index (χ4n) is 2.59. The van der Waals surface area contributed by atoms with E-state index >= 15 is 0 Å². The molecule has 2 rings (SSSR count). The first kappa shape index (κ1) is 13.7. The molecule has 3 nitrogen and oxygen atoms in total. The van der Waals surface area contributed by atoms with Crippen LogP contribution in [0.2, 0.25) is 0 Å². The second-order valence-corrected chi connectivity index (χ2v) is 5.71. The second-order valence-electron chi connectivity index (χ2n) is 5.29. The van der Waals surface area contributed by atoms with E-state index < -0.39 is 0 Å². The van der Waals surface area contributed by atoms with E-state index in [0.29, 0.717) is 10.6 Å². The first-order chi connectivity index (χ1) is 8.59. The van der Waals surface area contributed by atoms with Crippen molar-refractivity contribution in [3.8, 4) is 0 Å². The van der Waals surface area contributed by atoms with Crippen LogP contribution in [0.25, 0.3) is 0 Å².